The summed E-state index contributed by atoms with van der Waals surface area (Å²) >= 11 is 0. The molecule has 0 unspecified atom stereocenters. The molecule has 1 heterocycles. The number of carbonyl (C=O) groups is 1. The highest BCUT2D eigenvalue weighted by molar-refractivity contribution is 5.94. The Balaban J connectivity index is 1.67. The van der Waals surface area contributed by atoms with E-state index in [-0.39, 0.29) is 5.91 Å². The standard InChI is InChI=1S/C16H22N2O/c1-11-2-5-13(6-3-11)17-14-7-8-15-12(10-14)4-9-16(19)18-15/h7-8,10-11,13,17H,2-6,9H2,1H3,(H,18,19). The first-order valence-corrected chi connectivity index (χ1v) is 7.40. The minimum atomic E-state index is 0.134. The smallest absolute Gasteiger partial charge is 0.224 e. The van der Waals surface area contributed by atoms with Gasteiger partial charge in [0.05, 0.1) is 0 Å². The molecule has 1 aromatic carbocycles. The van der Waals surface area contributed by atoms with E-state index in [1.807, 2.05) is 6.07 Å². The molecule has 0 aromatic heterocycles. The molecule has 0 atom stereocenters. The van der Waals surface area contributed by atoms with Crippen molar-refractivity contribution >= 4 is 17.3 Å². The summed E-state index contributed by atoms with van der Waals surface area (Å²) in [4.78, 5) is 11.3. The van der Waals surface area contributed by atoms with Crippen LogP contribution in [-0.4, -0.2) is 11.9 Å². The lowest BCUT2D eigenvalue weighted by Crippen LogP contribution is -2.25. The van der Waals surface area contributed by atoms with E-state index < -0.39 is 0 Å². The van der Waals surface area contributed by atoms with E-state index in [9.17, 15) is 4.79 Å². The summed E-state index contributed by atoms with van der Waals surface area (Å²) in [7, 11) is 0. The summed E-state index contributed by atoms with van der Waals surface area (Å²) < 4.78 is 0. The fourth-order valence-electron chi connectivity index (χ4n) is 3.11. The number of rotatable bonds is 2. The third kappa shape index (κ3) is 2.91. The molecule has 3 nitrogen and oxygen atoms in total. The van der Waals surface area contributed by atoms with Crippen LogP contribution in [0.25, 0.3) is 0 Å². The number of fused-ring (bicyclic) bond motifs is 1. The van der Waals surface area contributed by atoms with Gasteiger partial charge in [0.2, 0.25) is 5.91 Å². The number of aryl methyl sites for hydroxylation is 1. The lowest BCUT2D eigenvalue weighted by atomic mass is 9.87. The van der Waals surface area contributed by atoms with Crippen molar-refractivity contribution in [1.82, 2.24) is 0 Å². The lowest BCUT2D eigenvalue weighted by Gasteiger charge is -2.28. The van der Waals surface area contributed by atoms with Crippen molar-refractivity contribution in [3.8, 4) is 0 Å². The highest BCUT2D eigenvalue weighted by atomic mass is 16.1. The molecule has 0 saturated heterocycles. The van der Waals surface area contributed by atoms with Crippen LogP contribution < -0.4 is 10.6 Å². The van der Waals surface area contributed by atoms with E-state index in [1.54, 1.807) is 0 Å². The third-order valence-corrected chi connectivity index (χ3v) is 4.39. The van der Waals surface area contributed by atoms with Gasteiger partial charge in [-0.25, -0.2) is 0 Å². The van der Waals surface area contributed by atoms with Gasteiger partial charge in [-0.2, -0.15) is 0 Å². The molecule has 0 spiro atoms. The average Bonchev–Trinajstić information content (AvgIpc) is 2.42. The molecule has 3 rings (SSSR count). The quantitative estimate of drug-likeness (QED) is 0.851. The van der Waals surface area contributed by atoms with E-state index in [0.29, 0.717) is 12.5 Å². The maximum absolute atomic E-state index is 11.3. The zero-order chi connectivity index (χ0) is 13.2. The second-order valence-corrected chi connectivity index (χ2v) is 6.02. The SMILES string of the molecule is CC1CCC(Nc2ccc3c(c2)CCC(=O)N3)CC1. The number of benzene rings is 1. The van der Waals surface area contributed by atoms with Gasteiger partial charge in [-0.1, -0.05) is 6.92 Å². The highest BCUT2D eigenvalue weighted by Gasteiger charge is 2.19. The number of carbonyl (C=O) groups excluding carboxylic acids is 1. The topological polar surface area (TPSA) is 41.1 Å². The Hall–Kier alpha value is -1.51. The van der Waals surface area contributed by atoms with Crippen molar-refractivity contribution in [3.63, 3.8) is 0 Å². The first-order valence-electron chi connectivity index (χ1n) is 7.40. The Morgan fingerprint density at radius 3 is 2.74 bits per heavy atom. The first-order chi connectivity index (χ1) is 9.20. The van der Waals surface area contributed by atoms with Gasteiger partial charge in [-0.3, -0.25) is 4.79 Å². The van der Waals surface area contributed by atoms with E-state index in [1.165, 1.54) is 36.9 Å². The Morgan fingerprint density at radius 2 is 1.95 bits per heavy atom. The van der Waals surface area contributed by atoms with Crippen molar-refractivity contribution in [2.24, 2.45) is 5.92 Å². The maximum Gasteiger partial charge on any atom is 0.224 e. The second kappa shape index (κ2) is 5.24. The summed E-state index contributed by atoms with van der Waals surface area (Å²) in [5.41, 5.74) is 3.45. The predicted molar refractivity (Wildman–Crippen MR) is 78.4 cm³/mol. The molecule has 0 bridgehead atoms. The molecule has 2 N–H and O–H groups in total. The lowest BCUT2D eigenvalue weighted by molar-refractivity contribution is -0.116. The third-order valence-electron chi connectivity index (χ3n) is 4.39. The fraction of sp³-hybridized carbons (Fsp3) is 0.562. The predicted octanol–water partition coefficient (Wildman–Crippen LogP) is 3.56. The molecule has 1 amide bonds. The summed E-state index contributed by atoms with van der Waals surface area (Å²) in [5.74, 6) is 1.02. The Bertz CT molecular complexity index is 476. The highest BCUT2D eigenvalue weighted by Crippen LogP contribution is 2.29. The van der Waals surface area contributed by atoms with E-state index in [0.717, 1.165) is 18.0 Å². The first kappa shape index (κ1) is 12.5. The molecule has 1 aliphatic carbocycles. The zero-order valence-electron chi connectivity index (χ0n) is 11.5. The molecule has 1 fully saturated rings. The van der Waals surface area contributed by atoms with Crippen LogP contribution in [0.15, 0.2) is 18.2 Å². The van der Waals surface area contributed by atoms with Gasteiger partial charge in [0, 0.05) is 23.8 Å². The van der Waals surface area contributed by atoms with Crippen LogP contribution in [0, 0.1) is 5.92 Å². The van der Waals surface area contributed by atoms with Crippen LogP contribution in [0.1, 0.15) is 44.6 Å². The van der Waals surface area contributed by atoms with Crippen LogP contribution >= 0.6 is 0 Å². The summed E-state index contributed by atoms with van der Waals surface area (Å²) in [6.45, 7) is 2.35. The Morgan fingerprint density at radius 1 is 1.16 bits per heavy atom. The molecule has 19 heavy (non-hydrogen) atoms. The Labute approximate surface area is 114 Å². The number of anilines is 2. The number of hydrogen-bond donors (Lipinski definition) is 2. The second-order valence-electron chi connectivity index (χ2n) is 6.02. The van der Waals surface area contributed by atoms with Crippen LogP contribution in [0.5, 0.6) is 0 Å². The Kier molecular flexibility index (Phi) is 3.45. The molecule has 0 radical (unpaired) electrons. The van der Waals surface area contributed by atoms with Gasteiger partial charge >= 0.3 is 0 Å². The molecule has 1 saturated carbocycles. The van der Waals surface area contributed by atoms with Crippen molar-refractivity contribution in [2.75, 3.05) is 10.6 Å². The van der Waals surface area contributed by atoms with E-state index in [2.05, 4.69) is 29.7 Å². The molecule has 3 heteroatoms. The van der Waals surface area contributed by atoms with Gasteiger partial charge in [0.1, 0.15) is 0 Å². The minimum Gasteiger partial charge on any atom is -0.382 e. The molecular weight excluding hydrogens is 236 g/mol. The largest absolute Gasteiger partial charge is 0.382 e. The van der Waals surface area contributed by atoms with Gasteiger partial charge < -0.3 is 10.6 Å². The summed E-state index contributed by atoms with van der Waals surface area (Å²) in [6.07, 6.45) is 6.68. The normalized spacial score (nSPS) is 26.5. The maximum atomic E-state index is 11.3. The van der Waals surface area contributed by atoms with Crippen LogP contribution in [0.2, 0.25) is 0 Å². The molecule has 102 valence electrons. The van der Waals surface area contributed by atoms with E-state index in [4.69, 9.17) is 0 Å². The van der Waals surface area contributed by atoms with Crippen molar-refractivity contribution in [2.45, 2.75) is 51.5 Å². The fourth-order valence-corrected chi connectivity index (χ4v) is 3.11. The van der Waals surface area contributed by atoms with Crippen LogP contribution in [0.3, 0.4) is 0 Å². The van der Waals surface area contributed by atoms with Gasteiger partial charge in [-0.05, 0) is 61.8 Å². The molecule has 1 aliphatic heterocycles. The van der Waals surface area contributed by atoms with Crippen LogP contribution in [0.4, 0.5) is 11.4 Å². The van der Waals surface area contributed by atoms with Crippen molar-refractivity contribution in [1.29, 1.82) is 0 Å². The van der Waals surface area contributed by atoms with Gasteiger partial charge in [0.15, 0.2) is 0 Å². The summed E-state index contributed by atoms with van der Waals surface area (Å²) in [5, 5.41) is 6.58. The number of amides is 1. The van der Waals surface area contributed by atoms with Crippen molar-refractivity contribution < 1.29 is 4.79 Å². The number of nitrogens with one attached hydrogen (secondary N) is 2. The van der Waals surface area contributed by atoms with Crippen molar-refractivity contribution in [3.05, 3.63) is 23.8 Å². The average molecular weight is 258 g/mol. The summed E-state index contributed by atoms with van der Waals surface area (Å²) in [6, 6.07) is 6.93. The monoisotopic (exact) mass is 258 g/mol. The molecule has 2 aliphatic rings. The number of hydrogen-bond acceptors (Lipinski definition) is 2. The van der Waals surface area contributed by atoms with Gasteiger partial charge in [0.25, 0.3) is 0 Å². The minimum absolute atomic E-state index is 0.134. The zero-order valence-corrected chi connectivity index (χ0v) is 11.5. The molecular formula is C16H22N2O. The van der Waals surface area contributed by atoms with Crippen LogP contribution in [-0.2, 0) is 11.2 Å². The van der Waals surface area contributed by atoms with E-state index >= 15 is 0 Å². The molecule has 1 aromatic rings. The van der Waals surface area contributed by atoms with Gasteiger partial charge in [-0.15, -0.1) is 0 Å².